The van der Waals surface area contributed by atoms with Crippen molar-refractivity contribution in [2.75, 3.05) is 13.9 Å². The van der Waals surface area contributed by atoms with Crippen molar-refractivity contribution in [1.82, 2.24) is 0 Å². The quantitative estimate of drug-likeness (QED) is 0.818. The molecule has 124 valence electrons. The van der Waals surface area contributed by atoms with Gasteiger partial charge in [-0.25, -0.2) is 0 Å². The van der Waals surface area contributed by atoms with Gasteiger partial charge in [-0.1, -0.05) is 32.0 Å². The predicted octanol–water partition coefficient (Wildman–Crippen LogP) is 4.40. The van der Waals surface area contributed by atoms with E-state index in [4.69, 9.17) is 14.2 Å². The molecule has 1 aliphatic rings. The van der Waals surface area contributed by atoms with Crippen LogP contribution in [0.1, 0.15) is 42.4 Å². The third kappa shape index (κ3) is 3.16. The molecule has 1 atom stereocenters. The monoisotopic (exact) mass is 323 g/mol. The first-order valence-electron chi connectivity index (χ1n) is 8.08. The van der Waals surface area contributed by atoms with E-state index in [1.165, 1.54) is 5.56 Å². The summed E-state index contributed by atoms with van der Waals surface area (Å²) >= 11 is 0. The molecule has 0 fully saturated rings. The Bertz CT molecular complexity index is 777. The molecule has 0 radical (unpaired) electrons. The number of fused-ring (bicyclic) bond motifs is 1. The first-order valence-corrected chi connectivity index (χ1v) is 8.08. The molecular formula is C20H21NO3. The maximum Gasteiger partial charge on any atom is 0.231 e. The number of nitriles is 1. The molecule has 1 aliphatic heterocycles. The van der Waals surface area contributed by atoms with Gasteiger partial charge in [-0.2, -0.15) is 5.26 Å². The van der Waals surface area contributed by atoms with Gasteiger partial charge < -0.3 is 14.2 Å². The van der Waals surface area contributed by atoms with Gasteiger partial charge >= 0.3 is 0 Å². The summed E-state index contributed by atoms with van der Waals surface area (Å²) in [7, 11) is 1.66. The van der Waals surface area contributed by atoms with E-state index >= 15 is 0 Å². The lowest BCUT2D eigenvalue weighted by molar-refractivity contribution is 0.174. The highest BCUT2D eigenvalue weighted by atomic mass is 16.7. The van der Waals surface area contributed by atoms with E-state index in [1.807, 2.05) is 24.3 Å². The highest BCUT2D eigenvalue weighted by Crippen LogP contribution is 2.36. The van der Waals surface area contributed by atoms with Crippen LogP contribution in [0.4, 0.5) is 0 Å². The van der Waals surface area contributed by atoms with Crippen molar-refractivity contribution in [2.45, 2.75) is 32.1 Å². The van der Waals surface area contributed by atoms with Crippen LogP contribution in [0.3, 0.4) is 0 Å². The number of hydrogen-bond acceptors (Lipinski definition) is 4. The molecule has 0 spiro atoms. The summed E-state index contributed by atoms with van der Waals surface area (Å²) in [6.07, 6.45) is 0.597. The number of ether oxygens (including phenoxy) is 3. The summed E-state index contributed by atoms with van der Waals surface area (Å²) in [5.74, 6) is 2.42. The van der Waals surface area contributed by atoms with Crippen molar-refractivity contribution in [1.29, 1.82) is 5.26 Å². The number of nitrogens with zero attached hydrogens (tertiary/aromatic N) is 1. The molecule has 1 heterocycles. The van der Waals surface area contributed by atoms with Gasteiger partial charge in [0.05, 0.1) is 19.1 Å². The molecule has 4 heteroatoms. The molecular weight excluding hydrogens is 302 g/mol. The second-order valence-corrected chi connectivity index (χ2v) is 6.22. The van der Waals surface area contributed by atoms with Gasteiger partial charge in [0.2, 0.25) is 6.79 Å². The highest BCUT2D eigenvalue weighted by molar-refractivity contribution is 5.47. The maximum atomic E-state index is 9.67. The van der Waals surface area contributed by atoms with Gasteiger partial charge in [0, 0.05) is 0 Å². The molecule has 2 aromatic carbocycles. The Kier molecular flexibility index (Phi) is 4.61. The minimum atomic E-state index is -0.268. The van der Waals surface area contributed by atoms with Gasteiger partial charge in [0.15, 0.2) is 11.5 Å². The average molecular weight is 323 g/mol. The first-order chi connectivity index (χ1) is 11.6. The molecule has 0 aliphatic carbocycles. The van der Waals surface area contributed by atoms with Crippen LogP contribution < -0.4 is 14.2 Å². The van der Waals surface area contributed by atoms with E-state index in [0.717, 1.165) is 22.6 Å². The van der Waals surface area contributed by atoms with Crippen molar-refractivity contribution in [2.24, 2.45) is 0 Å². The second-order valence-electron chi connectivity index (χ2n) is 6.22. The Labute approximate surface area is 142 Å². The molecule has 0 amide bonds. The highest BCUT2D eigenvalue weighted by Gasteiger charge is 2.20. The standard InChI is InChI=1S/C20H21NO3/c1-13(2)14-4-6-18(22-3)16(8-14)9-17(11-21)15-5-7-19-20(10-15)24-12-23-19/h4-8,10,13,17H,9,12H2,1-3H3. The smallest absolute Gasteiger partial charge is 0.231 e. The zero-order valence-electron chi connectivity index (χ0n) is 14.2. The van der Waals surface area contributed by atoms with E-state index in [1.54, 1.807) is 7.11 Å². The van der Waals surface area contributed by atoms with E-state index in [-0.39, 0.29) is 12.7 Å². The van der Waals surface area contributed by atoms with E-state index < -0.39 is 0 Å². The van der Waals surface area contributed by atoms with Crippen LogP contribution in [0, 0.1) is 11.3 Å². The van der Waals surface area contributed by atoms with Crippen LogP contribution in [0.25, 0.3) is 0 Å². The molecule has 0 aromatic heterocycles. The Morgan fingerprint density at radius 3 is 2.54 bits per heavy atom. The summed E-state index contributed by atoms with van der Waals surface area (Å²) in [5, 5.41) is 9.67. The van der Waals surface area contributed by atoms with Crippen molar-refractivity contribution in [3.05, 3.63) is 53.1 Å². The average Bonchev–Trinajstić information content (AvgIpc) is 3.07. The van der Waals surface area contributed by atoms with E-state index in [2.05, 4.69) is 32.0 Å². The Balaban J connectivity index is 1.90. The van der Waals surface area contributed by atoms with E-state index in [9.17, 15) is 5.26 Å². The third-order valence-electron chi connectivity index (χ3n) is 4.35. The number of methoxy groups -OCH3 is 1. The van der Waals surface area contributed by atoms with Crippen LogP contribution in [-0.2, 0) is 6.42 Å². The number of hydrogen-bond donors (Lipinski definition) is 0. The molecule has 1 unspecified atom stereocenters. The predicted molar refractivity (Wildman–Crippen MR) is 91.7 cm³/mol. The second kappa shape index (κ2) is 6.84. The first kappa shape index (κ1) is 16.2. The fourth-order valence-corrected chi connectivity index (χ4v) is 2.90. The van der Waals surface area contributed by atoms with Gasteiger partial charge in [0.25, 0.3) is 0 Å². The van der Waals surface area contributed by atoms with E-state index in [0.29, 0.717) is 18.1 Å². The topological polar surface area (TPSA) is 51.5 Å². The molecule has 0 saturated heterocycles. The lowest BCUT2D eigenvalue weighted by Gasteiger charge is -2.16. The van der Waals surface area contributed by atoms with Gasteiger partial charge in [-0.05, 0) is 47.2 Å². The fourth-order valence-electron chi connectivity index (χ4n) is 2.90. The van der Waals surface area contributed by atoms with Crippen molar-refractivity contribution >= 4 is 0 Å². The summed E-state index contributed by atoms with van der Waals surface area (Å²) in [6.45, 7) is 4.55. The minimum Gasteiger partial charge on any atom is -0.496 e. The third-order valence-corrected chi connectivity index (χ3v) is 4.35. The molecule has 4 nitrogen and oxygen atoms in total. The van der Waals surface area contributed by atoms with Crippen molar-refractivity contribution in [3.8, 4) is 23.3 Å². The molecule has 0 saturated carbocycles. The molecule has 2 aromatic rings. The van der Waals surface area contributed by atoms with Crippen molar-refractivity contribution < 1.29 is 14.2 Å². The van der Waals surface area contributed by atoms with Crippen LogP contribution in [0.2, 0.25) is 0 Å². The van der Waals surface area contributed by atoms with Gasteiger partial charge in [-0.3, -0.25) is 0 Å². The van der Waals surface area contributed by atoms with Crippen LogP contribution in [0.15, 0.2) is 36.4 Å². The fraction of sp³-hybridized carbons (Fsp3) is 0.350. The normalized spacial score (nSPS) is 13.6. The Morgan fingerprint density at radius 1 is 1.08 bits per heavy atom. The summed E-state index contributed by atoms with van der Waals surface area (Å²) in [6, 6.07) is 14.3. The Morgan fingerprint density at radius 2 is 1.83 bits per heavy atom. The van der Waals surface area contributed by atoms with Crippen LogP contribution >= 0.6 is 0 Å². The van der Waals surface area contributed by atoms with Gasteiger partial charge in [-0.15, -0.1) is 0 Å². The van der Waals surface area contributed by atoms with Crippen LogP contribution in [-0.4, -0.2) is 13.9 Å². The lowest BCUT2D eigenvalue weighted by atomic mass is 9.90. The van der Waals surface area contributed by atoms with Crippen LogP contribution in [0.5, 0.6) is 17.2 Å². The number of benzene rings is 2. The summed E-state index contributed by atoms with van der Waals surface area (Å²) in [5.41, 5.74) is 3.22. The molecule has 3 rings (SSSR count). The zero-order chi connectivity index (χ0) is 17.1. The van der Waals surface area contributed by atoms with Gasteiger partial charge in [0.1, 0.15) is 5.75 Å². The molecule has 0 N–H and O–H groups in total. The summed E-state index contributed by atoms with van der Waals surface area (Å²) < 4.78 is 16.2. The Hall–Kier alpha value is -2.67. The number of rotatable bonds is 5. The maximum absolute atomic E-state index is 9.67. The summed E-state index contributed by atoms with van der Waals surface area (Å²) in [4.78, 5) is 0. The van der Waals surface area contributed by atoms with Crippen molar-refractivity contribution in [3.63, 3.8) is 0 Å². The SMILES string of the molecule is COc1ccc(C(C)C)cc1CC(C#N)c1ccc2c(c1)OCO2. The minimum absolute atomic E-state index is 0.236. The lowest BCUT2D eigenvalue weighted by Crippen LogP contribution is -2.04. The molecule has 24 heavy (non-hydrogen) atoms. The zero-order valence-corrected chi connectivity index (χ0v) is 14.2. The largest absolute Gasteiger partial charge is 0.496 e. The molecule has 0 bridgehead atoms.